The molecule has 0 aliphatic carbocycles. The van der Waals surface area contributed by atoms with Gasteiger partial charge in [-0.2, -0.15) is 0 Å². The third-order valence-corrected chi connectivity index (χ3v) is 3.76. The minimum Gasteiger partial charge on any atom is -0.396 e. The SMILES string of the molecule is Cc1cccc(C(=O)N2CCC(CO)C2)c1Cl. The number of nitrogens with zero attached hydrogens (tertiary/aromatic N) is 1. The first-order chi connectivity index (χ1) is 8.13. The van der Waals surface area contributed by atoms with Crippen LogP contribution in [0.15, 0.2) is 18.2 Å². The lowest BCUT2D eigenvalue weighted by Gasteiger charge is -2.17. The molecule has 4 heteroatoms. The van der Waals surface area contributed by atoms with Crippen molar-refractivity contribution in [1.29, 1.82) is 0 Å². The summed E-state index contributed by atoms with van der Waals surface area (Å²) >= 11 is 6.14. The van der Waals surface area contributed by atoms with Gasteiger partial charge in [0.05, 0.1) is 10.6 Å². The van der Waals surface area contributed by atoms with E-state index in [0.717, 1.165) is 12.0 Å². The molecule has 1 unspecified atom stereocenters. The Kier molecular flexibility index (Phi) is 3.69. The second kappa shape index (κ2) is 5.07. The molecule has 0 radical (unpaired) electrons. The Labute approximate surface area is 106 Å². The van der Waals surface area contributed by atoms with Crippen LogP contribution in [0.3, 0.4) is 0 Å². The number of carbonyl (C=O) groups excluding carboxylic acids is 1. The van der Waals surface area contributed by atoms with E-state index in [4.69, 9.17) is 16.7 Å². The van der Waals surface area contributed by atoms with Crippen molar-refractivity contribution >= 4 is 17.5 Å². The van der Waals surface area contributed by atoms with Gasteiger partial charge in [0.15, 0.2) is 0 Å². The number of halogens is 1. The maximum Gasteiger partial charge on any atom is 0.255 e. The van der Waals surface area contributed by atoms with Crippen molar-refractivity contribution in [2.24, 2.45) is 5.92 Å². The van der Waals surface area contributed by atoms with Crippen LogP contribution in [0.1, 0.15) is 22.3 Å². The minimum absolute atomic E-state index is 0.0327. The molecule has 1 aromatic rings. The normalized spacial score (nSPS) is 19.7. The van der Waals surface area contributed by atoms with Crippen LogP contribution < -0.4 is 0 Å². The molecule has 3 nitrogen and oxygen atoms in total. The number of hydrogen-bond acceptors (Lipinski definition) is 2. The average molecular weight is 254 g/mol. The van der Waals surface area contributed by atoms with Gasteiger partial charge in [0, 0.05) is 25.6 Å². The highest BCUT2D eigenvalue weighted by Crippen LogP contribution is 2.24. The number of amides is 1. The topological polar surface area (TPSA) is 40.5 Å². The molecule has 1 aromatic carbocycles. The Morgan fingerprint density at radius 3 is 3.00 bits per heavy atom. The third-order valence-electron chi connectivity index (χ3n) is 3.25. The van der Waals surface area contributed by atoms with E-state index in [0.29, 0.717) is 23.7 Å². The fraction of sp³-hybridized carbons (Fsp3) is 0.462. The quantitative estimate of drug-likeness (QED) is 0.877. The van der Waals surface area contributed by atoms with E-state index in [-0.39, 0.29) is 18.4 Å². The Hall–Kier alpha value is -1.06. The van der Waals surface area contributed by atoms with E-state index in [2.05, 4.69) is 0 Å². The number of benzene rings is 1. The highest BCUT2D eigenvalue weighted by Gasteiger charge is 2.27. The van der Waals surface area contributed by atoms with Crippen LogP contribution in [0.5, 0.6) is 0 Å². The Morgan fingerprint density at radius 1 is 1.59 bits per heavy atom. The third kappa shape index (κ3) is 2.45. The number of aryl methyl sites for hydroxylation is 1. The van der Waals surface area contributed by atoms with E-state index in [9.17, 15) is 4.79 Å². The molecule has 92 valence electrons. The van der Waals surface area contributed by atoms with Crippen molar-refractivity contribution < 1.29 is 9.90 Å². The number of carbonyl (C=O) groups is 1. The largest absolute Gasteiger partial charge is 0.396 e. The maximum absolute atomic E-state index is 12.2. The van der Waals surface area contributed by atoms with Crippen molar-refractivity contribution in [2.75, 3.05) is 19.7 Å². The van der Waals surface area contributed by atoms with E-state index in [1.807, 2.05) is 19.1 Å². The second-order valence-corrected chi connectivity index (χ2v) is 4.90. The molecule has 1 atom stereocenters. The number of rotatable bonds is 2. The summed E-state index contributed by atoms with van der Waals surface area (Å²) in [4.78, 5) is 14.0. The van der Waals surface area contributed by atoms with Crippen LogP contribution in [0, 0.1) is 12.8 Å². The van der Waals surface area contributed by atoms with Crippen LogP contribution >= 0.6 is 11.6 Å². The van der Waals surface area contributed by atoms with Gasteiger partial charge in [-0.3, -0.25) is 4.79 Å². The first-order valence-corrected chi connectivity index (χ1v) is 6.16. The van der Waals surface area contributed by atoms with Gasteiger partial charge in [0.2, 0.25) is 0 Å². The van der Waals surface area contributed by atoms with E-state index in [1.54, 1.807) is 11.0 Å². The fourth-order valence-corrected chi connectivity index (χ4v) is 2.36. The van der Waals surface area contributed by atoms with Crippen molar-refractivity contribution in [3.8, 4) is 0 Å². The van der Waals surface area contributed by atoms with Gasteiger partial charge in [-0.05, 0) is 25.0 Å². The standard InChI is InChI=1S/C13H16ClNO2/c1-9-3-2-4-11(12(9)14)13(17)15-6-5-10(7-15)8-16/h2-4,10,16H,5-8H2,1H3. The highest BCUT2D eigenvalue weighted by molar-refractivity contribution is 6.34. The first-order valence-electron chi connectivity index (χ1n) is 5.78. The maximum atomic E-state index is 12.2. The van der Waals surface area contributed by atoms with Crippen LogP contribution in [0.25, 0.3) is 0 Å². The van der Waals surface area contributed by atoms with Gasteiger partial charge in [-0.1, -0.05) is 23.7 Å². The fourth-order valence-electron chi connectivity index (χ4n) is 2.15. The number of aliphatic hydroxyl groups is 1. The molecule has 1 fully saturated rings. The van der Waals surface area contributed by atoms with Crippen molar-refractivity contribution in [3.63, 3.8) is 0 Å². The number of likely N-dealkylation sites (tertiary alicyclic amines) is 1. The van der Waals surface area contributed by atoms with Crippen molar-refractivity contribution in [1.82, 2.24) is 4.90 Å². The van der Waals surface area contributed by atoms with E-state index < -0.39 is 0 Å². The average Bonchev–Trinajstić information content (AvgIpc) is 2.80. The minimum atomic E-state index is -0.0327. The molecule has 1 amide bonds. The molecule has 0 spiro atoms. The van der Waals surface area contributed by atoms with Crippen LogP contribution in [0.4, 0.5) is 0 Å². The lowest BCUT2D eigenvalue weighted by atomic mass is 10.1. The summed E-state index contributed by atoms with van der Waals surface area (Å²) in [5, 5.41) is 9.60. The molecular formula is C13H16ClNO2. The van der Waals surface area contributed by atoms with E-state index >= 15 is 0 Å². The van der Waals surface area contributed by atoms with Gasteiger partial charge in [-0.15, -0.1) is 0 Å². The molecule has 2 rings (SSSR count). The molecule has 1 N–H and O–H groups in total. The zero-order valence-corrected chi connectivity index (χ0v) is 10.6. The van der Waals surface area contributed by atoms with Crippen molar-refractivity contribution in [3.05, 3.63) is 34.3 Å². The van der Waals surface area contributed by atoms with Gasteiger partial charge in [0.1, 0.15) is 0 Å². The molecule has 1 aliphatic heterocycles. The predicted molar refractivity (Wildman–Crippen MR) is 67.3 cm³/mol. The van der Waals surface area contributed by atoms with Crippen molar-refractivity contribution in [2.45, 2.75) is 13.3 Å². The summed E-state index contributed by atoms with van der Waals surface area (Å²) in [6.07, 6.45) is 0.867. The molecule has 17 heavy (non-hydrogen) atoms. The summed E-state index contributed by atoms with van der Waals surface area (Å²) in [5.41, 5.74) is 1.47. The predicted octanol–water partition coefficient (Wildman–Crippen LogP) is 2.10. The zero-order chi connectivity index (χ0) is 12.4. The highest BCUT2D eigenvalue weighted by atomic mass is 35.5. The van der Waals surface area contributed by atoms with Crippen LogP contribution in [-0.2, 0) is 0 Å². The first kappa shape index (κ1) is 12.4. The summed E-state index contributed by atoms with van der Waals surface area (Å²) in [5.74, 6) is 0.178. The summed E-state index contributed by atoms with van der Waals surface area (Å²) in [7, 11) is 0. The summed E-state index contributed by atoms with van der Waals surface area (Å²) in [6.45, 7) is 3.36. The van der Waals surface area contributed by atoms with Gasteiger partial charge in [0.25, 0.3) is 5.91 Å². The Morgan fingerprint density at radius 2 is 2.35 bits per heavy atom. The van der Waals surface area contributed by atoms with Gasteiger partial charge >= 0.3 is 0 Å². The smallest absolute Gasteiger partial charge is 0.255 e. The number of aliphatic hydroxyl groups excluding tert-OH is 1. The molecule has 1 heterocycles. The molecule has 1 aliphatic rings. The van der Waals surface area contributed by atoms with Gasteiger partial charge < -0.3 is 10.0 Å². The van der Waals surface area contributed by atoms with Gasteiger partial charge in [-0.25, -0.2) is 0 Å². The monoisotopic (exact) mass is 253 g/mol. The Balaban J connectivity index is 2.18. The van der Waals surface area contributed by atoms with E-state index in [1.165, 1.54) is 0 Å². The molecule has 0 aromatic heterocycles. The molecular weight excluding hydrogens is 238 g/mol. The van der Waals surface area contributed by atoms with Crippen LogP contribution in [-0.4, -0.2) is 35.6 Å². The molecule has 1 saturated heterocycles. The second-order valence-electron chi connectivity index (χ2n) is 4.52. The zero-order valence-electron chi connectivity index (χ0n) is 9.82. The lowest BCUT2D eigenvalue weighted by Crippen LogP contribution is -2.29. The molecule has 0 saturated carbocycles. The summed E-state index contributed by atoms with van der Waals surface area (Å²) in [6, 6.07) is 5.48. The molecule has 0 bridgehead atoms. The van der Waals surface area contributed by atoms with Crippen LogP contribution in [0.2, 0.25) is 5.02 Å². The number of hydrogen-bond donors (Lipinski definition) is 1. The Bertz CT molecular complexity index is 433. The lowest BCUT2D eigenvalue weighted by molar-refractivity contribution is 0.0782. The summed E-state index contributed by atoms with van der Waals surface area (Å²) < 4.78 is 0.